The molecule has 5 rings (SSSR count). The van der Waals surface area contributed by atoms with E-state index in [2.05, 4.69) is 25.9 Å². The molecule has 0 saturated heterocycles. The van der Waals surface area contributed by atoms with E-state index in [1.165, 1.54) is 24.0 Å². The number of hydrogen-bond acceptors (Lipinski definition) is 6. The topological polar surface area (TPSA) is 64.0 Å². The molecule has 0 aromatic carbocycles. The molecule has 6 nitrogen and oxygen atoms in total. The van der Waals surface area contributed by atoms with Gasteiger partial charge in [-0.2, -0.15) is 0 Å². The molecule has 0 bridgehead atoms. The van der Waals surface area contributed by atoms with Crippen LogP contribution in [-0.2, 0) is 19.5 Å². The number of fused-ring (bicyclic) bond motifs is 1. The molecule has 0 amide bonds. The van der Waals surface area contributed by atoms with Crippen LogP contribution < -0.4 is 4.74 Å². The van der Waals surface area contributed by atoms with Gasteiger partial charge in [-0.1, -0.05) is 6.07 Å². The number of aromatic nitrogens is 4. The second-order valence-electron chi connectivity index (χ2n) is 7.89. The van der Waals surface area contributed by atoms with Gasteiger partial charge in [0.05, 0.1) is 5.69 Å². The van der Waals surface area contributed by atoms with Gasteiger partial charge in [-0.15, -0.1) is 0 Å². The molecule has 148 valence electrons. The highest BCUT2D eigenvalue weighted by Gasteiger charge is 2.20. The fourth-order valence-electron chi connectivity index (χ4n) is 4.16. The third kappa shape index (κ3) is 4.27. The third-order valence-electron chi connectivity index (χ3n) is 5.74. The number of hydrogen-bond donors (Lipinski definition) is 0. The van der Waals surface area contributed by atoms with Crippen molar-refractivity contribution in [2.45, 2.75) is 51.3 Å². The second-order valence-corrected chi connectivity index (χ2v) is 7.89. The van der Waals surface area contributed by atoms with Crippen LogP contribution in [-0.4, -0.2) is 37.5 Å². The Bertz CT molecular complexity index is 955. The normalized spacial score (nSPS) is 17.2. The Balaban J connectivity index is 1.22. The Kier molecular flexibility index (Phi) is 5.17. The first kappa shape index (κ1) is 18.2. The molecular formula is C23H25N5O. The summed E-state index contributed by atoms with van der Waals surface area (Å²) in [6.45, 7) is 2.73. The summed E-state index contributed by atoms with van der Waals surface area (Å²) in [7, 11) is 0. The minimum atomic E-state index is 0.351. The summed E-state index contributed by atoms with van der Waals surface area (Å²) in [5.74, 6) is 1.53. The molecule has 1 aliphatic heterocycles. The Morgan fingerprint density at radius 2 is 1.86 bits per heavy atom. The number of ether oxygens (including phenoxy) is 1. The van der Waals surface area contributed by atoms with Gasteiger partial charge in [-0.3, -0.25) is 9.88 Å². The van der Waals surface area contributed by atoms with E-state index in [0.717, 1.165) is 61.9 Å². The van der Waals surface area contributed by atoms with Crippen molar-refractivity contribution in [3.05, 3.63) is 65.9 Å². The number of rotatable bonds is 5. The average Bonchev–Trinajstić information content (AvgIpc) is 3.28. The first-order valence-corrected chi connectivity index (χ1v) is 10.4. The zero-order chi connectivity index (χ0) is 19.5. The van der Waals surface area contributed by atoms with Gasteiger partial charge in [0.2, 0.25) is 5.88 Å². The summed E-state index contributed by atoms with van der Waals surface area (Å²) in [5.41, 5.74) is 4.59. The largest absolute Gasteiger partial charge is 0.474 e. The first-order valence-electron chi connectivity index (χ1n) is 10.4. The van der Waals surface area contributed by atoms with Crippen LogP contribution in [0, 0.1) is 0 Å². The molecule has 4 heterocycles. The monoisotopic (exact) mass is 387 g/mol. The summed E-state index contributed by atoms with van der Waals surface area (Å²) in [5, 5.41) is 0. The van der Waals surface area contributed by atoms with E-state index < -0.39 is 0 Å². The van der Waals surface area contributed by atoms with Crippen molar-refractivity contribution in [3.63, 3.8) is 0 Å². The van der Waals surface area contributed by atoms with Crippen molar-refractivity contribution in [2.75, 3.05) is 6.54 Å². The van der Waals surface area contributed by atoms with Crippen LogP contribution in [0.5, 0.6) is 5.88 Å². The van der Waals surface area contributed by atoms with Gasteiger partial charge < -0.3 is 4.74 Å². The van der Waals surface area contributed by atoms with E-state index in [1.54, 1.807) is 12.4 Å². The predicted octanol–water partition coefficient (Wildman–Crippen LogP) is 3.81. The minimum Gasteiger partial charge on any atom is -0.474 e. The Morgan fingerprint density at radius 1 is 1.00 bits per heavy atom. The van der Waals surface area contributed by atoms with E-state index in [0.29, 0.717) is 6.10 Å². The van der Waals surface area contributed by atoms with Gasteiger partial charge in [0.15, 0.2) is 5.82 Å². The van der Waals surface area contributed by atoms with Gasteiger partial charge in [-0.05, 0) is 43.4 Å². The van der Waals surface area contributed by atoms with Crippen molar-refractivity contribution in [3.8, 4) is 17.3 Å². The Morgan fingerprint density at radius 3 is 2.66 bits per heavy atom. The lowest BCUT2D eigenvalue weighted by molar-refractivity contribution is 0.201. The molecule has 3 aromatic heterocycles. The van der Waals surface area contributed by atoms with Crippen molar-refractivity contribution in [2.24, 2.45) is 0 Å². The van der Waals surface area contributed by atoms with Gasteiger partial charge in [0.25, 0.3) is 0 Å². The molecule has 1 saturated carbocycles. The van der Waals surface area contributed by atoms with Gasteiger partial charge in [-0.25, -0.2) is 15.0 Å². The summed E-state index contributed by atoms with van der Waals surface area (Å²) in [6.07, 6.45) is 13.6. The lowest BCUT2D eigenvalue weighted by Crippen LogP contribution is -2.31. The maximum absolute atomic E-state index is 5.97. The summed E-state index contributed by atoms with van der Waals surface area (Å²) in [4.78, 5) is 20.4. The van der Waals surface area contributed by atoms with E-state index in [9.17, 15) is 0 Å². The standard InChI is InChI=1S/C23H25N5O/c1-2-4-20(3-1)29-22-6-5-17(13-25-22)15-28-12-9-21-19(16-28)14-26-23(27-21)18-7-10-24-11-8-18/h5-8,10-11,13-14,20H,1-4,9,12,15-16H2. The quantitative estimate of drug-likeness (QED) is 0.663. The summed E-state index contributed by atoms with van der Waals surface area (Å²) >= 11 is 0. The summed E-state index contributed by atoms with van der Waals surface area (Å²) < 4.78 is 5.97. The van der Waals surface area contributed by atoms with Crippen LogP contribution in [0.15, 0.2) is 49.1 Å². The van der Waals surface area contributed by atoms with E-state index in [-0.39, 0.29) is 0 Å². The Labute approximate surface area is 171 Å². The van der Waals surface area contributed by atoms with E-state index in [4.69, 9.17) is 9.72 Å². The molecule has 0 atom stereocenters. The highest BCUT2D eigenvalue weighted by atomic mass is 16.5. The van der Waals surface area contributed by atoms with Crippen molar-refractivity contribution in [1.82, 2.24) is 24.8 Å². The molecular weight excluding hydrogens is 362 g/mol. The van der Waals surface area contributed by atoms with Crippen LogP contribution in [0.2, 0.25) is 0 Å². The molecule has 0 radical (unpaired) electrons. The SMILES string of the molecule is c1cc(-c2ncc3c(n2)CCN(Cc2ccc(OC4CCCC4)nc2)C3)ccn1. The summed E-state index contributed by atoms with van der Waals surface area (Å²) in [6, 6.07) is 8.04. The first-order chi connectivity index (χ1) is 14.3. The lowest BCUT2D eigenvalue weighted by atomic mass is 10.1. The van der Waals surface area contributed by atoms with Crippen LogP contribution in [0.25, 0.3) is 11.4 Å². The van der Waals surface area contributed by atoms with Crippen LogP contribution in [0.4, 0.5) is 0 Å². The number of pyridine rings is 2. The van der Waals surface area contributed by atoms with Crippen LogP contribution >= 0.6 is 0 Å². The van der Waals surface area contributed by atoms with E-state index in [1.807, 2.05) is 30.6 Å². The van der Waals surface area contributed by atoms with Crippen molar-refractivity contribution >= 4 is 0 Å². The maximum Gasteiger partial charge on any atom is 0.213 e. The molecule has 1 aliphatic carbocycles. The molecule has 29 heavy (non-hydrogen) atoms. The van der Waals surface area contributed by atoms with E-state index >= 15 is 0 Å². The highest BCUT2D eigenvalue weighted by molar-refractivity contribution is 5.54. The third-order valence-corrected chi connectivity index (χ3v) is 5.74. The molecule has 2 aliphatic rings. The fourth-order valence-corrected chi connectivity index (χ4v) is 4.16. The molecule has 6 heteroatoms. The predicted molar refractivity (Wildman–Crippen MR) is 110 cm³/mol. The number of nitrogens with zero attached hydrogens (tertiary/aromatic N) is 5. The minimum absolute atomic E-state index is 0.351. The molecule has 0 N–H and O–H groups in total. The average molecular weight is 387 g/mol. The second kappa shape index (κ2) is 8.25. The zero-order valence-corrected chi connectivity index (χ0v) is 16.5. The molecule has 1 fully saturated rings. The maximum atomic E-state index is 5.97. The molecule has 3 aromatic rings. The van der Waals surface area contributed by atoms with Gasteiger partial charge >= 0.3 is 0 Å². The van der Waals surface area contributed by atoms with Gasteiger partial charge in [0, 0.05) is 68.0 Å². The lowest BCUT2D eigenvalue weighted by Gasteiger charge is -2.28. The van der Waals surface area contributed by atoms with Crippen LogP contribution in [0.3, 0.4) is 0 Å². The van der Waals surface area contributed by atoms with Gasteiger partial charge in [0.1, 0.15) is 6.10 Å². The van der Waals surface area contributed by atoms with Crippen molar-refractivity contribution < 1.29 is 4.74 Å². The fraction of sp³-hybridized carbons (Fsp3) is 0.391. The molecule has 0 unspecified atom stereocenters. The Hall–Kier alpha value is -2.86. The van der Waals surface area contributed by atoms with Crippen LogP contribution in [0.1, 0.15) is 42.5 Å². The molecule has 0 spiro atoms. The zero-order valence-electron chi connectivity index (χ0n) is 16.5. The highest BCUT2D eigenvalue weighted by Crippen LogP contribution is 2.24. The smallest absolute Gasteiger partial charge is 0.213 e. The van der Waals surface area contributed by atoms with Crippen molar-refractivity contribution in [1.29, 1.82) is 0 Å².